The zero-order valence-electron chi connectivity index (χ0n) is 10.7. The molecule has 1 atom stereocenters. The molecule has 2 aromatic rings. The van der Waals surface area contributed by atoms with Crippen LogP contribution in [0.15, 0.2) is 36.4 Å². The third-order valence-corrected chi connectivity index (χ3v) is 3.36. The second-order valence-corrected chi connectivity index (χ2v) is 4.72. The van der Waals surface area contributed by atoms with Gasteiger partial charge in [-0.2, -0.15) is 0 Å². The fourth-order valence-corrected chi connectivity index (χ4v) is 2.22. The molecule has 0 spiro atoms. The third-order valence-electron chi connectivity index (χ3n) is 2.99. The summed E-state index contributed by atoms with van der Waals surface area (Å²) in [4.78, 5) is 0. The largest absolute Gasteiger partial charge is 0.496 e. The van der Waals surface area contributed by atoms with Gasteiger partial charge in [0, 0.05) is 11.4 Å². The lowest BCUT2D eigenvalue weighted by Gasteiger charge is -2.16. The van der Waals surface area contributed by atoms with Crippen molar-refractivity contribution < 1.29 is 18.6 Å². The van der Waals surface area contributed by atoms with Gasteiger partial charge in [-0.25, -0.2) is 8.78 Å². The molecule has 2 nitrogen and oxygen atoms in total. The number of hydrogen-bond donors (Lipinski definition) is 1. The topological polar surface area (TPSA) is 29.5 Å². The van der Waals surface area contributed by atoms with Crippen molar-refractivity contribution in [3.63, 3.8) is 0 Å². The van der Waals surface area contributed by atoms with Gasteiger partial charge in [0.25, 0.3) is 0 Å². The Kier molecular flexibility index (Phi) is 4.57. The van der Waals surface area contributed by atoms with Gasteiger partial charge in [0.15, 0.2) is 0 Å². The lowest BCUT2D eigenvalue weighted by molar-refractivity contribution is 0.169. The lowest BCUT2D eigenvalue weighted by atomic mass is 10.00. The number of rotatable bonds is 4. The minimum Gasteiger partial charge on any atom is -0.496 e. The molecule has 0 aliphatic heterocycles. The van der Waals surface area contributed by atoms with Crippen LogP contribution in [-0.4, -0.2) is 12.2 Å². The van der Waals surface area contributed by atoms with Crippen molar-refractivity contribution in [2.75, 3.05) is 7.11 Å². The number of halogens is 3. The van der Waals surface area contributed by atoms with Crippen LogP contribution in [0.2, 0.25) is 5.02 Å². The monoisotopic (exact) mass is 298 g/mol. The Balaban J connectivity index is 2.33. The molecule has 0 heterocycles. The predicted molar refractivity (Wildman–Crippen MR) is 73.0 cm³/mol. The Labute approximate surface area is 120 Å². The van der Waals surface area contributed by atoms with E-state index in [0.29, 0.717) is 10.6 Å². The van der Waals surface area contributed by atoms with E-state index in [1.807, 2.05) is 0 Å². The quantitative estimate of drug-likeness (QED) is 0.927. The first-order valence-corrected chi connectivity index (χ1v) is 6.35. The van der Waals surface area contributed by atoms with E-state index in [-0.39, 0.29) is 17.7 Å². The standard InChI is InChI=1S/C15H13ClF2O2/c1-20-14-4-2-3-12(18)15(14)13(19)8-9-7-10(17)5-6-11(9)16/h2-7,13,19H,8H2,1H3. The minimum atomic E-state index is -1.18. The van der Waals surface area contributed by atoms with Crippen LogP contribution in [0.25, 0.3) is 0 Å². The van der Waals surface area contributed by atoms with E-state index >= 15 is 0 Å². The number of hydrogen-bond acceptors (Lipinski definition) is 2. The maximum atomic E-state index is 13.8. The fourth-order valence-electron chi connectivity index (χ4n) is 2.03. The van der Waals surface area contributed by atoms with Crippen LogP contribution in [-0.2, 0) is 6.42 Å². The summed E-state index contributed by atoms with van der Waals surface area (Å²) in [5.74, 6) is -0.800. The normalized spacial score (nSPS) is 12.2. The Morgan fingerprint density at radius 2 is 2.00 bits per heavy atom. The summed E-state index contributed by atoms with van der Waals surface area (Å²) in [6, 6.07) is 8.11. The average molecular weight is 299 g/mol. The molecule has 0 radical (unpaired) electrons. The van der Waals surface area contributed by atoms with Gasteiger partial charge >= 0.3 is 0 Å². The highest BCUT2D eigenvalue weighted by atomic mass is 35.5. The summed E-state index contributed by atoms with van der Waals surface area (Å²) in [6.07, 6.45) is -1.18. The fraction of sp³-hybridized carbons (Fsp3) is 0.200. The van der Waals surface area contributed by atoms with Crippen molar-refractivity contribution in [3.05, 3.63) is 64.2 Å². The Bertz CT molecular complexity index is 617. The highest BCUT2D eigenvalue weighted by molar-refractivity contribution is 6.31. The average Bonchev–Trinajstić information content (AvgIpc) is 2.42. The van der Waals surface area contributed by atoms with E-state index in [9.17, 15) is 13.9 Å². The van der Waals surface area contributed by atoms with Crippen molar-refractivity contribution in [3.8, 4) is 5.75 Å². The second kappa shape index (κ2) is 6.20. The van der Waals surface area contributed by atoms with E-state index in [0.717, 1.165) is 0 Å². The SMILES string of the molecule is COc1cccc(F)c1C(O)Cc1cc(F)ccc1Cl. The summed E-state index contributed by atoms with van der Waals surface area (Å²) in [5, 5.41) is 10.5. The molecular weight excluding hydrogens is 286 g/mol. The van der Waals surface area contributed by atoms with E-state index in [1.165, 1.54) is 37.4 Å². The lowest BCUT2D eigenvalue weighted by Crippen LogP contribution is -2.07. The molecule has 0 fully saturated rings. The number of aliphatic hydroxyl groups excluding tert-OH is 1. The molecule has 0 saturated carbocycles. The Morgan fingerprint density at radius 1 is 1.25 bits per heavy atom. The van der Waals surface area contributed by atoms with Crippen molar-refractivity contribution >= 4 is 11.6 Å². The van der Waals surface area contributed by atoms with Gasteiger partial charge in [0.1, 0.15) is 17.4 Å². The molecule has 0 saturated heterocycles. The zero-order valence-corrected chi connectivity index (χ0v) is 11.5. The molecule has 0 bridgehead atoms. The molecule has 0 aromatic heterocycles. The molecule has 0 amide bonds. The Morgan fingerprint density at radius 3 is 2.70 bits per heavy atom. The van der Waals surface area contributed by atoms with Crippen LogP contribution in [0.4, 0.5) is 8.78 Å². The molecule has 106 valence electrons. The summed E-state index contributed by atoms with van der Waals surface area (Å²) in [7, 11) is 1.39. The maximum absolute atomic E-state index is 13.8. The molecule has 1 unspecified atom stereocenters. The smallest absolute Gasteiger partial charge is 0.132 e. The third kappa shape index (κ3) is 3.08. The summed E-state index contributed by atoms with van der Waals surface area (Å²) in [5.41, 5.74) is 0.444. The molecule has 20 heavy (non-hydrogen) atoms. The zero-order chi connectivity index (χ0) is 14.7. The number of benzene rings is 2. The highest BCUT2D eigenvalue weighted by Gasteiger charge is 2.19. The van der Waals surface area contributed by atoms with E-state index < -0.39 is 17.7 Å². The molecule has 1 N–H and O–H groups in total. The van der Waals surface area contributed by atoms with Crippen molar-refractivity contribution in [1.29, 1.82) is 0 Å². The Hall–Kier alpha value is -1.65. The predicted octanol–water partition coefficient (Wildman–Crippen LogP) is 3.90. The molecule has 5 heteroatoms. The first-order chi connectivity index (χ1) is 9.52. The van der Waals surface area contributed by atoms with Crippen molar-refractivity contribution in [2.24, 2.45) is 0 Å². The summed E-state index contributed by atoms with van der Waals surface area (Å²) >= 11 is 5.94. The van der Waals surface area contributed by atoms with Crippen molar-refractivity contribution in [1.82, 2.24) is 0 Å². The van der Waals surface area contributed by atoms with Gasteiger partial charge in [0.2, 0.25) is 0 Å². The molecule has 2 rings (SSSR count). The molecule has 2 aromatic carbocycles. The van der Waals surface area contributed by atoms with Gasteiger partial charge in [-0.3, -0.25) is 0 Å². The van der Waals surface area contributed by atoms with Crippen LogP contribution in [0.5, 0.6) is 5.75 Å². The number of methoxy groups -OCH3 is 1. The van der Waals surface area contributed by atoms with Gasteiger partial charge < -0.3 is 9.84 Å². The van der Waals surface area contributed by atoms with Gasteiger partial charge in [-0.05, 0) is 35.9 Å². The minimum absolute atomic E-state index is 0.00606. The molecule has 0 aliphatic carbocycles. The van der Waals surface area contributed by atoms with Crippen LogP contribution >= 0.6 is 11.6 Å². The van der Waals surface area contributed by atoms with Crippen LogP contribution < -0.4 is 4.74 Å². The summed E-state index contributed by atoms with van der Waals surface area (Å²) in [6.45, 7) is 0. The van der Waals surface area contributed by atoms with Crippen LogP contribution in [0.1, 0.15) is 17.2 Å². The van der Waals surface area contributed by atoms with Crippen LogP contribution in [0, 0.1) is 11.6 Å². The number of ether oxygens (including phenoxy) is 1. The molecule has 0 aliphatic rings. The first-order valence-electron chi connectivity index (χ1n) is 5.97. The van der Waals surface area contributed by atoms with Crippen LogP contribution in [0.3, 0.4) is 0 Å². The van der Waals surface area contributed by atoms with E-state index in [1.54, 1.807) is 6.07 Å². The van der Waals surface area contributed by atoms with Gasteiger partial charge in [-0.1, -0.05) is 17.7 Å². The van der Waals surface area contributed by atoms with E-state index in [4.69, 9.17) is 16.3 Å². The maximum Gasteiger partial charge on any atom is 0.132 e. The van der Waals surface area contributed by atoms with Gasteiger partial charge in [-0.15, -0.1) is 0 Å². The number of aliphatic hydroxyl groups is 1. The second-order valence-electron chi connectivity index (χ2n) is 4.31. The van der Waals surface area contributed by atoms with Crippen molar-refractivity contribution in [2.45, 2.75) is 12.5 Å². The highest BCUT2D eigenvalue weighted by Crippen LogP contribution is 2.31. The summed E-state index contributed by atoms with van der Waals surface area (Å²) < 4.78 is 32.0. The molecular formula is C15H13ClF2O2. The first kappa shape index (κ1) is 14.8. The van der Waals surface area contributed by atoms with E-state index in [2.05, 4.69) is 0 Å². The van der Waals surface area contributed by atoms with Gasteiger partial charge in [0.05, 0.1) is 18.8 Å².